The monoisotopic (exact) mass is 504 g/mol. The molecule has 5 rings (SSSR count). The second kappa shape index (κ2) is 10.8. The number of aromatic hydroxyl groups is 1. The predicted molar refractivity (Wildman–Crippen MR) is 145 cm³/mol. The average molecular weight is 505 g/mol. The highest BCUT2D eigenvalue weighted by Gasteiger charge is 2.16. The van der Waals surface area contributed by atoms with E-state index in [1.54, 1.807) is 0 Å². The molecular weight excluding hydrogens is 480 g/mol. The lowest BCUT2D eigenvalue weighted by molar-refractivity contribution is 0.459. The quantitative estimate of drug-likeness (QED) is 0.214. The minimum absolute atomic E-state index is 0.145. The Bertz CT molecular complexity index is 1330. The summed E-state index contributed by atoms with van der Waals surface area (Å²) < 4.78 is 0. The number of aliphatic imine (C=N–C) groups is 1. The van der Waals surface area contributed by atoms with Gasteiger partial charge in [-0.3, -0.25) is 5.43 Å². The number of anilines is 2. The van der Waals surface area contributed by atoms with Gasteiger partial charge in [-0.05, 0) is 50.3 Å². The van der Waals surface area contributed by atoms with E-state index in [1.807, 2.05) is 37.3 Å². The Labute approximate surface area is 211 Å². The number of aromatic nitrogens is 1. The lowest BCUT2D eigenvalue weighted by atomic mass is 10.0. The highest BCUT2D eigenvalue weighted by Crippen LogP contribution is 2.35. The molecule has 3 N–H and O–H groups in total. The number of hydrazine groups is 1. The van der Waals surface area contributed by atoms with Gasteiger partial charge in [0.15, 0.2) is 10.8 Å². The molecule has 35 heavy (non-hydrogen) atoms. The van der Waals surface area contributed by atoms with Crippen LogP contribution in [0.5, 0.6) is 5.88 Å². The van der Waals surface area contributed by atoms with Crippen molar-refractivity contribution in [2.45, 2.75) is 32.6 Å². The van der Waals surface area contributed by atoms with Gasteiger partial charge in [-0.25, -0.2) is 4.99 Å². The van der Waals surface area contributed by atoms with Crippen molar-refractivity contribution in [1.82, 2.24) is 4.98 Å². The normalized spacial score (nSPS) is 18.0. The fourth-order valence-electron chi connectivity index (χ4n) is 3.67. The molecular formula is C24H24N8OS2. The molecule has 0 saturated heterocycles. The van der Waals surface area contributed by atoms with Gasteiger partial charge < -0.3 is 10.5 Å². The summed E-state index contributed by atoms with van der Waals surface area (Å²) in [4.78, 5) is 8.47. The van der Waals surface area contributed by atoms with E-state index < -0.39 is 0 Å². The van der Waals surface area contributed by atoms with Crippen LogP contribution in [0.25, 0.3) is 0 Å². The fraction of sp³-hybridized carbons (Fsp3) is 0.250. The molecule has 2 aromatic carbocycles. The molecule has 3 aromatic rings. The Morgan fingerprint density at radius 2 is 1.77 bits per heavy atom. The third kappa shape index (κ3) is 5.92. The smallest absolute Gasteiger partial charge is 0.250 e. The second-order valence-corrected chi connectivity index (χ2v) is 10.00. The van der Waals surface area contributed by atoms with Gasteiger partial charge in [0, 0.05) is 5.56 Å². The van der Waals surface area contributed by atoms with Crippen molar-refractivity contribution >= 4 is 55.6 Å². The summed E-state index contributed by atoms with van der Waals surface area (Å²) in [6.07, 6.45) is 4.26. The third-order valence-electron chi connectivity index (χ3n) is 5.47. The van der Waals surface area contributed by atoms with Crippen LogP contribution in [0.3, 0.4) is 0 Å². The molecule has 0 bridgehead atoms. The number of hydrogen-bond acceptors (Lipinski definition) is 10. The van der Waals surface area contributed by atoms with Crippen molar-refractivity contribution in [2.24, 2.45) is 25.4 Å². The maximum absolute atomic E-state index is 10.1. The van der Waals surface area contributed by atoms with Gasteiger partial charge in [0.2, 0.25) is 16.2 Å². The number of thiazole rings is 1. The number of azo groups is 1. The van der Waals surface area contributed by atoms with Gasteiger partial charge in [-0.1, -0.05) is 65.1 Å². The van der Waals surface area contributed by atoms with E-state index in [0.29, 0.717) is 26.9 Å². The van der Waals surface area contributed by atoms with Crippen LogP contribution in [-0.4, -0.2) is 32.6 Å². The Hall–Kier alpha value is -3.57. The van der Waals surface area contributed by atoms with E-state index in [9.17, 15) is 5.11 Å². The Morgan fingerprint density at radius 1 is 0.943 bits per heavy atom. The highest BCUT2D eigenvalue weighted by atomic mass is 32.2. The second-order valence-electron chi connectivity index (χ2n) is 8.08. The summed E-state index contributed by atoms with van der Waals surface area (Å²) in [6, 6.07) is 16.3. The minimum Gasteiger partial charge on any atom is -0.491 e. The summed E-state index contributed by atoms with van der Waals surface area (Å²) in [7, 11) is 0. The Balaban J connectivity index is 1.23. The summed E-state index contributed by atoms with van der Waals surface area (Å²) >= 11 is 2.65. The van der Waals surface area contributed by atoms with Crippen LogP contribution in [0.1, 0.15) is 36.0 Å². The summed E-state index contributed by atoms with van der Waals surface area (Å²) in [5.74, 6) is 0.951. The topological polar surface area (TPSA) is 119 Å². The summed E-state index contributed by atoms with van der Waals surface area (Å²) in [5.41, 5.74) is 11.5. The first-order valence-corrected chi connectivity index (χ1v) is 13.1. The standard InChI is InChI=1S/C24H24N8OS2/c1-15-10-12-17(13-11-15)27-30-22-21(33)26-24(35-22)32-29-20-14-34-23(25-20)31-28-19-9-5-3-7-16-6-2-4-8-18(16)19/h2,4,6,8,10-13,27,30,33H,3,5,7,9,14H2,1H3. The number of hydrogen-bond donors (Lipinski definition) is 3. The average Bonchev–Trinajstić information content (AvgIpc) is 3.41. The zero-order valence-electron chi connectivity index (χ0n) is 19.1. The molecule has 0 fully saturated rings. The predicted octanol–water partition coefficient (Wildman–Crippen LogP) is 6.31. The number of benzene rings is 2. The minimum atomic E-state index is -0.145. The number of rotatable bonds is 5. The summed E-state index contributed by atoms with van der Waals surface area (Å²) in [6.45, 7) is 2.02. The molecule has 0 amide bonds. The first-order chi connectivity index (χ1) is 17.1. The van der Waals surface area contributed by atoms with Crippen molar-refractivity contribution in [1.29, 1.82) is 0 Å². The first-order valence-electron chi connectivity index (χ1n) is 11.3. The maximum Gasteiger partial charge on any atom is 0.250 e. The molecule has 1 aromatic heterocycles. The molecule has 2 heterocycles. The number of thioether (sulfide) groups is 1. The largest absolute Gasteiger partial charge is 0.491 e. The van der Waals surface area contributed by atoms with Crippen LogP contribution in [0, 0.1) is 6.92 Å². The van der Waals surface area contributed by atoms with Crippen LogP contribution >= 0.6 is 23.1 Å². The molecule has 9 nitrogen and oxygen atoms in total. The van der Waals surface area contributed by atoms with Crippen molar-refractivity contribution in [3.05, 3.63) is 65.2 Å². The third-order valence-corrected chi connectivity index (χ3v) is 7.15. The van der Waals surface area contributed by atoms with E-state index in [-0.39, 0.29) is 5.88 Å². The van der Waals surface area contributed by atoms with Gasteiger partial charge in [-0.2, -0.15) is 10.1 Å². The number of amidine groups is 2. The van der Waals surface area contributed by atoms with Crippen LogP contribution in [-0.2, 0) is 6.42 Å². The molecule has 11 heteroatoms. The molecule has 1 aliphatic carbocycles. The highest BCUT2D eigenvalue weighted by molar-refractivity contribution is 8.14. The zero-order chi connectivity index (χ0) is 24.0. The Morgan fingerprint density at radius 3 is 2.66 bits per heavy atom. The first kappa shape index (κ1) is 23.2. The van der Waals surface area contributed by atoms with E-state index in [1.165, 1.54) is 39.8 Å². The van der Waals surface area contributed by atoms with Crippen molar-refractivity contribution in [3.8, 4) is 5.88 Å². The Kier molecular flexibility index (Phi) is 7.15. The van der Waals surface area contributed by atoms with E-state index >= 15 is 0 Å². The van der Waals surface area contributed by atoms with Crippen LogP contribution in [0.2, 0.25) is 0 Å². The van der Waals surface area contributed by atoms with E-state index in [2.05, 4.69) is 59.5 Å². The molecule has 2 aliphatic rings. The maximum atomic E-state index is 10.1. The van der Waals surface area contributed by atoms with Gasteiger partial charge >= 0.3 is 0 Å². The molecule has 0 unspecified atom stereocenters. The number of aryl methyl sites for hydroxylation is 2. The summed E-state index contributed by atoms with van der Waals surface area (Å²) in [5, 5.41) is 28.7. The molecule has 0 saturated carbocycles. The van der Waals surface area contributed by atoms with Crippen molar-refractivity contribution in [2.75, 3.05) is 16.6 Å². The van der Waals surface area contributed by atoms with E-state index in [4.69, 9.17) is 0 Å². The number of nitrogens with one attached hydrogen (secondary N) is 2. The molecule has 0 spiro atoms. The number of nitrogens with zero attached hydrogens (tertiary/aromatic N) is 6. The number of fused-ring (bicyclic) bond motifs is 1. The van der Waals surface area contributed by atoms with Crippen molar-refractivity contribution in [3.63, 3.8) is 0 Å². The van der Waals surface area contributed by atoms with Gasteiger partial charge in [0.05, 0.1) is 17.2 Å². The molecule has 1 aliphatic heterocycles. The van der Waals surface area contributed by atoms with Crippen LogP contribution in [0.4, 0.5) is 15.8 Å². The molecule has 0 atom stereocenters. The SMILES string of the molecule is Cc1ccc(NNc2sc(N=NC3=NC(=NN=C4CCCCc5ccccc54)SC3)nc2O)cc1. The fourth-order valence-corrected chi connectivity index (χ4v) is 4.95. The van der Waals surface area contributed by atoms with Crippen molar-refractivity contribution < 1.29 is 5.11 Å². The lowest BCUT2D eigenvalue weighted by Gasteiger charge is -2.07. The van der Waals surface area contributed by atoms with E-state index in [0.717, 1.165) is 37.1 Å². The zero-order valence-corrected chi connectivity index (χ0v) is 20.7. The molecule has 178 valence electrons. The van der Waals surface area contributed by atoms with Gasteiger partial charge in [0.1, 0.15) is 0 Å². The lowest BCUT2D eigenvalue weighted by Crippen LogP contribution is -2.07. The van der Waals surface area contributed by atoms with Crippen LogP contribution < -0.4 is 10.9 Å². The van der Waals surface area contributed by atoms with Crippen LogP contribution in [0.15, 0.2) is 74.0 Å². The van der Waals surface area contributed by atoms with Gasteiger partial charge in [0.25, 0.3) is 0 Å². The molecule has 0 radical (unpaired) electrons. The van der Waals surface area contributed by atoms with Gasteiger partial charge in [-0.15, -0.1) is 15.3 Å².